The van der Waals surface area contributed by atoms with E-state index in [1.54, 1.807) is 0 Å². The SMILES string of the molecule is c1ccc(-c2cccc(-c3ccc(N(c4ccccc4)c4cccc(-c5cccc(-c6cc7ccc8ccccc8c7c7ccccc67)c5)c4)cc3)c2)cc1. The molecule has 0 saturated heterocycles. The second kappa shape index (κ2) is 14.0. The Bertz CT molecular complexity index is 2960. The van der Waals surface area contributed by atoms with Crippen LogP contribution in [0.15, 0.2) is 224 Å². The van der Waals surface area contributed by atoms with Crippen molar-refractivity contribution in [2.45, 2.75) is 0 Å². The number of fused-ring (bicyclic) bond motifs is 5. The number of anilines is 3. The van der Waals surface area contributed by atoms with Gasteiger partial charge >= 0.3 is 0 Å². The number of hydrogen-bond acceptors (Lipinski definition) is 1. The van der Waals surface area contributed by atoms with Gasteiger partial charge in [-0.2, -0.15) is 0 Å². The van der Waals surface area contributed by atoms with Crippen LogP contribution in [0.2, 0.25) is 0 Å². The molecular formula is C54H37N. The van der Waals surface area contributed by atoms with E-state index in [0.717, 1.165) is 17.1 Å². The van der Waals surface area contributed by atoms with Crippen molar-refractivity contribution < 1.29 is 0 Å². The lowest BCUT2D eigenvalue weighted by molar-refractivity contribution is 1.28. The Balaban J connectivity index is 1.03. The van der Waals surface area contributed by atoms with E-state index in [0.29, 0.717) is 0 Å². The highest BCUT2D eigenvalue weighted by Gasteiger charge is 2.15. The maximum Gasteiger partial charge on any atom is 0.0467 e. The first-order valence-electron chi connectivity index (χ1n) is 18.9. The summed E-state index contributed by atoms with van der Waals surface area (Å²) in [7, 11) is 0. The summed E-state index contributed by atoms with van der Waals surface area (Å²) in [5.74, 6) is 0. The van der Waals surface area contributed by atoms with Crippen molar-refractivity contribution in [2.24, 2.45) is 0 Å². The predicted molar refractivity (Wildman–Crippen MR) is 235 cm³/mol. The smallest absolute Gasteiger partial charge is 0.0467 e. The molecule has 0 heterocycles. The molecule has 0 saturated carbocycles. The Labute approximate surface area is 322 Å². The molecule has 0 radical (unpaired) electrons. The van der Waals surface area contributed by atoms with Crippen LogP contribution < -0.4 is 4.90 Å². The van der Waals surface area contributed by atoms with Crippen LogP contribution in [0.1, 0.15) is 0 Å². The van der Waals surface area contributed by atoms with E-state index in [1.807, 2.05) is 0 Å². The Kier molecular flexibility index (Phi) is 8.24. The third kappa shape index (κ3) is 6.12. The van der Waals surface area contributed by atoms with Crippen molar-refractivity contribution >= 4 is 49.4 Å². The van der Waals surface area contributed by atoms with E-state index in [9.17, 15) is 0 Å². The zero-order valence-corrected chi connectivity index (χ0v) is 30.3. The van der Waals surface area contributed by atoms with Gasteiger partial charge in [-0.1, -0.05) is 170 Å². The summed E-state index contributed by atoms with van der Waals surface area (Å²) in [6.45, 7) is 0. The van der Waals surface area contributed by atoms with Gasteiger partial charge in [0.15, 0.2) is 0 Å². The van der Waals surface area contributed by atoms with Gasteiger partial charge in [-0.15, -0.1) is 0 Å². The quantitative estimate of drug-likeness (QED) is 0.150. The molecule has 0 aromatic heterocycles. The summed E-state index contributed by atoms with van der Waals surface area (Å²) in [5, 5.41) is 7.69. The summed E-state index contributed by atoms with van der Waals surface area (Å²) >= 11 is 0. The van der Waals surface area contributed by atoms with Crippen LogP contribution >= 0.6 is 0 Å². The molecule has 10 aromatic carbocycles. The standard InChI is InChI=1S/C54H37N/c1-3-14-38(15-4-1)41-17-11-18-42(34-41)39-30-32-48(33-31-39)55(47-22-5-2-6-23-47)49-24-13-20-44(36-49)43-19-12-21-45(35-43)53-37-46-29-28-40-16-7-8-25-50(40)54(46)52-27-10-9-26-51(52)53/h1-37H. The first-order chi connectivity index (χ1) is 27.3. The van der Waals surface area contributed by atoms with Crippen LogP contribution in [0.4, 0.5) is 17.1 Å². The Morgan fingerprint density at radius 3 is 1.45 bits per heavy atom. The van der Waals surface area contributed by atoms with Gasteiger partial charge in [-0.05, 0) is 131 Å². The first kappa shape index (κ1) is 32.4. The van der Waals surface area contributed by atoms with Crippen LogP contribution in [0, 0.1) is 0 Å². The molecule has 0 spiro atoms. The number of rotatable bonds is 7. The van der Waals surface area contributed by atoms with Gasteiger partial charge < -0.3 is 4.90 Å². The van der Waals surface area contributed by atoms with Crippen molar-refractivity contribution in [1.29, 1.82) is 0 Å². The average molecular weight is 700 g/mol. The summed E-state index contributed by atoms with van der Waals surface area (Å²) in [6.07, 6.45) is 0. The van der Waals surface area contributed by atoms with Crippen molar-refractivity contribution in [3.05, 3.63) is 224 Å². The van der Waals surface area contributed by atoms with Gasteiger partial charge in [-0.3, -0.25) is 0 Å². The zero-order valence-electron chi connectivity index (χ0n) is 30.3. The first-order valence-corrected chi connectivity index (χ1v) is 18.9. The molecule has 0 bridgehead atoms. The minimum atomic E-state index is 1.11. The van der Waals surface area contributed by atoms with Crippen molar-refractivity contribution in [3.8, 4) is 44.5 Å². The molecule has 1 nitrogen and oxygen atoms in total. The van der Waals surface area contributed by atoms with Gasteiger partial charge in [0.1, 0.15) is 0 Å². The molecule has 1 heteroatoms. The lowest BCUT2D eigenvalue weighted by Crippen LogP contribution is -2.09. The second-order valence-electron chi connectivity index (χ2n) is 14.2. The Hall–Kier alpha value is -7.22. The minimum Gasteiger partial charge on any atom is -0.310 e. The topological polar surface area (TPSA) is 3.24 Å². The average Bonchev–Trinajstić information content (AvgIpc) is 3.27. The molecule has 0 aliphatic carbocycles. The number of para-hydroxylation sites is 1. The van der Waals surface area contributed by atoms with E-state index >= 15 is 0 Å². The number of benzene rings is 10. The van der Waals surface area contributed by atoms with E-state index in [4.69, 9.17) is 0 Å². The number of hydrogen-bond donors (Lipinski definition) is 0. The zero-order chi connectivity index (χ0) is 36.6. The molecule has 0 fully saturated rings. The van der Waals surface area contributed by atoms with Crippen LogP contribution in [0.5, 0.6) is 0 Å². The maximum atomic E-state index is 2.37. The van der Waals surface area contributed by atoms with E-state index in [-0.39, 0.29) is 0 Å². The molecule has 0 aliphatic heterocycles. The third-order valence-electron chi connectivity index (χ3n) is 10.8. The Morgan fingerprint density at radius 1 is 0.236 bits per heavy atom. The molecule has 10 rings (SSSR count). The predicted octanol–water partition coefficient (Wildman–Crippen LogP) is 15.3. The van der Waals surface area contributed by atoms with Gasteiger partial charge in [-0.25, -0.2) is 0 Å². The Morgan fingerprint density at radius 2 is 0.709 bits per heavy atom. The second-order valence-corrected chi connectivity index (χ2v) is 14.2. The molecule has 0 unspecified atom stereocenters. The molecule has 0 N–H and O–H groups in total. The fraction of sp³-hybridized carbons (Fsp3) is 0. The largest absolute Gasteiger partial charge is 0.310 e. The lowest BCUT2D eigenvalue weighted by Gasteiger charge is -2.26. The highest BCUT2D eigenvalue weighted by atomic mass is 15.1. The molecule has 0 amide bonds. The monoisotopic (exact) mass is 699 g/mol. The van der Waals surface area contributed by atoms with Crippen LogP contribution in [0.25, 0.3) is 76.8 Å². The fourth-order valence-electron chi connectivity index (χ4n) is 8.14. The minimum absolute atomic E-state index is 1.11. The van der Waals surface area contributed by atoms with Crippen molar-refractivity contribution in [2.75, 3.05) is 4.90 Å². The number of nitrogens with zero attached hydrogens (tertiary/aromatic N) is 1. The summed E-state index contributed by atoms with van der Waals surface area (Å²) in [4.78, 5) is 2.35. The normalized spacial score (nSPS) is 11.3. The highest BCUT2D eigenvalue weighted by Crippen LogP contribution is 2.41. The van der Waals surface area contributed by atoms with Gasteiger partial charge in [0.05, 0.1) is 0 Å². The third-order valence-corrected chi connectivity index (χ3v) is 10.8. The van der Waals surface area contributed by atoms with Gasteiger partial charge in [0.2, 0.25) is 0 Å². The van der Waals surface area contributed by atoms with E-state index in [2.05, 4.69) is 229 Å². The van der Waals surface area contributed by atoms with E-state index in [1.165, 1.54) is 76.8 Å². The maximum absolute atomic E-state index is 2.37. The van der Waals surface area contributed by atoms with Crippen LogP contribution in [-0.4, -0.2) is 0 Å². The van der Waals surface area contributed by atoms with E-state index < -0.39 is 0 Å². The van der Waals surface area contributed by atoms with Gasteiger partial charge in [0.25, 0.3) is 0 Å². The molecule has 0 atom stereocenters. The highest BCUT2D eigenvalue weighted by molar-refractivity contribution is 6.23. The van der Waals surface area contributed by atoms with Crippen molar-refractivity contribution in [1.82, 2.24) is 0 Å². The van der Waals surface area contributed by atoms with Gasteiger partial charge in [0, 0.05) is 17.1 Å². The summed E-state index contributed by atoms with van der Waals surface area (Å²) in [6, 6.07) is 81.3. The molecular weight excluding hydrogens is 663 g/mol. The van der Waals surface area contributed by atoms with Crippen molar-refractivity contribution in [3.63, 3.8) is 0 Å². The summed E-state index contributed by atoms with van der Waals surface area (Å²) < 4.78 is 0. The molecule has 55 heavy (non-hydrogen) atoms. The van der Waals surface area contributed by atoms with Crippen LogP contribution in [-0.2, 0) is 0 Å². The molecule has 10 aromatic rings. The fourth-order valence-corrected chi connectivity index (χ4v) is 8.14. The van der Waals surface area contributed by atoms with Crippen LogP contribution in [0.3, 0.4) is 0 Å². The summed E-state index contributed by atoms with van der Waals surface area (Å²) in [5.41, 5.74) is 13.0. The molecule has 258 valence electrons. The lowest BCUT2D eigenvalue weighted by atomic mass is 9.90. The molecule has 0 aliphatic rings.